The van der Waals surface area contributed by atoms with Crippen LogP contribution in [0.5, 0.6) is 5.75 Å². The van der Waals surface area contributed by atoms with Gasteiger partial charge in [0.05, 0.1) is 78.6 Å². The molecule has 0 spiro atoms. The zero-order valence-electron chi connectivity index (χ0n) is 26.1. The molecule has 3 amide bonds. The van der Waals surface area contributed by atoms with Gasteiger partial charge in [-0.15, -0.1) is 0 Å². The van der Waals surface area contributed by atoms with E-state index in [0.717, 1.165) is 6.66 Å². The molecule has 0 saturated carbocycles. The summed E-state index contributed by atoms with van der Waals surface area (Å²) < 4.78 is 32.6. The highest BCUT2D eigenvalue weighted by Crippen LogP contribution is 2.38. The van der Waals surface area contributed by atoms with Crippen LogP contribution in [-0.4, -0.2) is 132 Å². The molecule has 0 aliphatic rings. The van der Waals surface area contributed by atoms with Gasteiger partial charge in [0.15, 0.2) is 0 Å². The number of hydrogen-bond donors (Lipinski definition) is 7. The molecule has 0 aliphatic heterocycles. The number of nitrogens with zero attached hydrogens (tertiary/aromatic N) is 1. The van der Waals surface area contributed by atoms with Gasteiger partial charge in [0, 0.05) is 26.3 Å². The maximum absolute atomic E-state index is 13.5. The van der Waals surface area contributed by atoms with E-state index in [0.29, 0.717) is 5.56 Å². The quantitative estimate of drug-likeness (QED) is 0.0267. The van der Waals surface area contributed by atoms with Crippen LogP contribution in [0.1, 0.15) is 5.56 Å². The Morgan fingerprint density at radius 1 is 0.739 bits per heavy atom. The summed E-state index contributed by atoms with van der Waals surface area (Å²) in [6, 6.07) is 5.20. The number of nitrogens with one attached hydrogen (secondary N) is 3. The molecule has 0 radical (unpaired) electrons. The third-order valence-electron chi connectivity index (χ3n) is 5.78. The normalized spacial score (nSPS) is 13.2. The van der Waals surface area contributed by atoms with Crippen molar-refractivity contribution in [2.24, 2.45) is 17.7 Å². The van der Waals surface area contributed by atoms with Gasteiger partial charge < -0.3 is 54.1 Å². The largest absolute Gasteiger partial charge is 0.425 e. The minimum absolute atomic E-state index is 0.0713. The summed E-state index contributed by atoms with van der Waals surface area (Å²) in [6.45, 7) is 2.72. The molecule has 1 aromatic rings. The maximum Gasteiger partial charge on any atom is 0.373 e. The Labute approximate surface area is 268 Å². The van der Waals surface area contributed by atoms with Gasteiger partial charge in [-0.2, -0.15) is 0 Å². The second-order valence-corrected chi connectivity index (χ2v) is 11.4. The lowest BCUT2D eigenvalue weighted by Crippen LogP contribution is -2.54. The minimum atomic E-state index is -3.78. The molecule has 1 rings (SSSR count). The van der Waals surface area contributed by atoms with Crippen molar-refractivity contribution in [2.75, 3.05) is 98.9 Å². The Morgan fingerprint density at radius 3 is 1.59 bits per heavy atom. The van der Waals surface area contributed by atoms with E-state index in [2.05, 4.69) is 30.5 Å². The van der Waals surface area contributed by atoms with Crippen molar-refractivity contribution in [3.05, 3.63) is 29.8 Å². The van der Waals surface area contributed by atoms with E-state index in [1.165, 1.54) is 17.0 Å². The topological polar surface area (TPSA) is 271 Å². The van der Waals surface area contributed by atoms with Gasteiger partial charge in [-0.05, 0) is 24.1 Å². The first-order valence-electron chi connectivity index (χ1n) is 14.4. The Kier molecular flexibility index (Phi) is 22.7. The monoisotopic (exact) mass is 681 g/mol. The van der Waals surface area contributed by atoms with Crippen molar-refractivity contribution in [2.45, 2.75) is 12.5 Å². The summed E-state index contributed by atoms with van der Waals surface area (Å²) in [5.74, 6) is 13.7. The average Bonchev–Trinajstić information content (AvgIpc) is 3.00. The number of hydrogen-bond acceptors (Lipinski definition) is 15. The lowest BCUT2D eigenvalue weighted by molar-refractivity contribution is -0.131. The molecule has 19 nitrogen and oxygen atoms in total. The summed E-state index contributed by atoms with van der Waals surface area (Å²) in [7, 11) is -3.78. The highest BCUT2D eigenvalue weighted by Gasteiger charge is 2.29. The molecule has 0 aromatic heterocycles. The number of nitrogens with two attached hydrogens (primary N) is 3. The van der Waals surface area contributed by atoms with Crippen molar-refractivity contribution in [3.63, 3.8) is 0 Å². The van der Waals surface area contributed by atoms with Crippen molar-refractivity contribution < 1.29 is 57.1 Å². The first kappa shape index (κ1) is 41.2. The molecule has 46 heavy (non-hydrogen) atoms. The van der Waals surface area contributed by atoms with E-state index < -0.39 is 31.4 Å². The van der Waals surface area contributed by atoms with Crippen LogP contribution in [0.2, 0.25) is 0 Å². The van der Waals surface area contributed by atoms with Crippen molar-refractivity contribution in [3.8, 4) is 5.75 Å². The predicted octanol–water partition coefficient (Wildman–Crippen LogP) is -2.84. The number of benzene rings is 1. The molecule has 1 aromatic carbocycles. The van der Waals surface area contributed by atoms with Crippen molar-refractivity contribution in [1.29, 1.82) is 0 Å². The summed E-state index contributed by atoms with van der Waals surface area (Å²) in [4.78, 5) is 63.7. The van der Waals surface area contributed by atoms with Gasteiger partial charge in [0.2, 0.25) is 17.7 Å². The zero-order chi connectivity index (χ0) is 34.0. The first-order chi connectivity index (χ1) is 22.1. The fourth-order valence-electron chi connectivity index (χ4n) is 3.77. The summed E-state index contributed by atoms with van der Waals surface area (Å²) in [5, 5.41) is 8.18. The molecular formula is C26H48N7O12P. The van der Waals surface area contributed by atoms with Crippen molar-refractivity contribution in [1.82, 2.24) is 20.9 Å². The van der Waals surface area contributed by atoms with Crippen LogP contribution >= 0.6 is 7.60 Å². The molecule has 10 N–H and O–H groups in total. The fraction of sp³-hybridized carbons (Fsp3) is 0.654. The van der Waals surface area contributed by atoms with Gasteiger partial charge in [0.25, 0.3) is 0 Å². The summed E-state index contributed by atoms with van der Waals surface area (Å²) in [6.07, 6.45) is 0.0713. The molecule has 2 unspecified atom stereocenters. The van der Waals surface area contributed by atoms with E-state index >= 15 is 0 Å². The standard InChI is InChI=1S/C26H48N7O12P/c1-46(37,38)45-22-4-2-21(3-5-22)18-23(26(36)32-8-11-41-14-17-44-29)33(19-24(34)30-6-9-39-12-15-42-27)20-25(35)31-7-10-40-13-16-43-28/h2-5,23H,6-20,27-29H2,1H3,(H,30,34)(H,31,35)(H,32,36)(H,37,38). The predicted molar refractivity (Wildman–Crippen MR) is 164 cm³/mol. The third kappa shape index (κ3) is 21.1. The van der Waals surface area contributed by atoms with Crippen LogP contribution in [0, 0.1) is 0 Å². The lowest BCUT2D eigenvalue weighted by Gasteiger charge is -2.30. The SMILES string of the molecule is CP(=O)(O)Oc1ccc(CC(C(=O)NCCOCCON)N(CC(=O)NCCOCCON)CC(=O)NCCOCCON)cc1. The van der Waals surface area contributed by atoms with E-state index in [1.54, 1.807) is 12.1 Å². The van der Waals surface area contributed by atoms with E-state index in [4.69, 9.17) is 36.4 Å². The maximum atomic E-state index is 13.5. The number of amides is 3. The molecule has 0 heterocycles. The fourth-order valence-corrected chi connectivity index (χ4v) is 4.28. The Hall–Kier alpha value is -2.78. The summed E-state index contributed by atoms with van der Waals surface area (Å²) >= 11 is 0. The number of ether oxygens (including phenoxy) is 3. The second kappa shape index (κ2) is 25.3. The number of rotatable bonds is 28. The highest BCUT2D eigenvalue weighted by atomic mass is 31.2. The van der Waals surface area contributed by atoms with Crippen LogP contribution in [0.25, 0.3) is 0 Å². The Balaban J connectivity index is 3.09. The summed E-state index contributed by atoms with van der Waals surface area (Å²) in [5.41, 5.74) is 0.629. The molecule has 0 aliphatic carbocycles. The van der Waals surface area contributed by atoms with E-state index in [9.17, 15) is 23.8 Å². The van der Waals surface area contributed by atoms with Crippen molar-refractivity contribution >= 4 is 25.3 Å². The third-order valence-corrected chi connectivity index (χ3v) is 6.33. The van der Waals surface area contributed by atoms with Crippen LogP contribution in [0.15, 0.2) is 24.3 Å². The molecule has 20 heteroatoms. The number of carbonyl (C=O) groups excluding carboxylic acids is 3. The van der Waals surface area contributed by atoms with Gasteiger partial charge in [-0.25, -0.2) is 22.3 Å². The average molecular weight is 682 g/mol. The Bertz CT molecular complexity index is 1000. The lowest BCUT2D eigenvalue weighted by atomic mass is 10.0. The molecule has 264 valence electrons. The molecule has 0 saturated heterocycles. The van der Waals surface area contributed by atoms with Gasteiger partial charge in [0.1, 0.15) is 5.75 Å². The molecule has 0 fully saturated rings. The number of carbonyl (C=O) groups is 3. The van der Waals surface area contributed by atoms with E-state index in [-0.39, 0.29) is 104 Å². The smallest absolute Gasteiger partial charge is 0.373 e. The molecular weight excluding hydrogens is 633 g/mol. The van der Waals surface area contributed by atoms with Crippen LogP contribution in [0.3, 0.4) is 0 Å². The first-order valence-corrected chi connectivity index (χ1v) is 16.4. The van der Waals surface area contributed by atoms with Crippen LogP contribution in [0.4, 0.5) is 0 Å². The van der Waals surface area contributed by atoms with Crippen LogP contribution in [-0.2, 0) is 54.1 Å². The van der Waals surface area contributed by atoms with Gasteiger partial charge in [-0.3, -0.25) is 19.3 Å². The minimum Gasteiger partial charge on any atom is -0.425 e. The zero-order valence-corrected chi connectivity index (χ0v) is 27.0. The highest BCUT2D eigenvalue weighted by molar-refractivity contribution is 7.52. The second-order valence-electron chi connectivity index (χ2n) is 9.60. The van der Waals surface area contributed by atoms with Gasteiger partial charge >= 0.3 is 7.60 Å². The van der Waals surface area contributed by atoms with Gasteiger partial charge in [-0.1, -0.05) is 12.1 Å². The molecule has 0 bridgehead atoms. The van der Waals surface area contributed by atoms with E-state index in [1.807, 2.05) is 0 Å². The Morgan fingerprint density at radius 2 is 1.17 bits per heavy atom. The molecule has 2 atom stereocenters. The van der Waals surface area contributed by atoms with Crippen LogP contribution < -0.4 is 38.2 Å².